The summed E-state index contributed by atoms with van der Waals surface area (Å²) in [6.45, 7) is 3.22. The lowest BCUT2D eigenvalue weighted by Gasteiger charge is -2.27. The van der Waals surface area contributed by atoms with Gasteiger partial charge >= 0.3 is 0 Å². The lowest BCUT2D eigenvalue weighted by atomic mass is 9.89. The van der Waals surface area contributed by atoms with Gasteiger partial charge in [0.15, 0.2) is 6.79 Å². The van der Waals surface area contributed by atoms with Crippen LogP contribution >= 0.6 is 0 Å². The quantitative estimate of drug-likeness (QED) is 0.906. The van der Waals surface area contributed by atoms with Crippen molar-refractivity contribution in [1.82, 2.24) is 5.32 Å². The highest BCUT2D eigenvalue weighted by molar-refractivity contribution is 5.49. The topological polar surface area (TPSA) is 39.7 Å². The number of methoxy groups -OCH3 is 1. The van der Waals surface area contributed by atoms with Gasteiger partial charge in [0.1, 0.15) is 11.5 Å². The molecule has 1 N–H and O–H groups in total. The smallest absolute Gasteiger partial charge is 0.189 e. The van der Waals surface area contributed by atoms with Crippen LogP contribution in [0.2, 0.25) is 0 Å². The van der Waals surface area contributed by atoms with Gasteiger partial charge in [0.25, 0.3) is 0 Å². The molecular formula is C15H21NO3. The molecule has 0 aliphatic carbocycles. The molecular weight excluding hydrogens is 242 g/mol. The minimum atomic E-state index is 0.351. The van der Waals surface area contributed by atoms with Gasteiger partial charge in [-0.2, -0.15) is 0 Å². The lowest BCUT2D eigenvalue weighted by Crippen LogP contribution is -2.31. The van der Waals surface area contributed by atoms with Crippen LogP contribution in [0.25, 0.3) is 0 Å². The second-order valence-corrected chi connectivity index (χ2v) is 5.25. The van der Waals surface area contributed by atoms with E-state index >= 15 is 0 Å². The summed E-state index contributed by atoms with van der Waals surface area (Å²) in [6, 6.07) is 4.00. The van der Waals surface area contributed by atoms with Crippen molar-refractivity contribution in [2.24, 2.45) is 5.92 Å². The number of fused-ring (bicyclic) bond motifs is 1. The Hall–Kier alpha value is -1.26. The lowest BCUT2D eigenvalue weighted by molar-refractivity contribution is -0.0171. The van der Waals surface area contributed by atoms with E-state index in [-0.39, 0.29) is 0 Å². The Morgan fingerprint density at radius 2 is 2.37 bits per heavy atom. The van der Waals surface area contributed by atoms with Crippen molar-refractivity contribution >= 4 is 0 Å². The van der Waals surface area contributed by atoms with E-state index in [1.807, 2.05) is 12.1 Å². The van der Waals surface area contributed by atoms with E-state index in [1.54, 1.807) is 7.11 Å². The van der Waals surface area contributed by atoms with Gasteiger partial charge in [-0.05, 0) is 50.4 Å². The molecule has 1 fully saturated rings. The van der Waals surface area contributed by atoms with Crippen LogP contribution in [-0.4, -0.2) is 27.0 Å². The summed E-state index contributed by atoms with van der Waals surface area (Å²) in [7, 11) is 1.73. The Kier molecular flexibility index (Phi) is 3.89. The number of hydrogen-bond acceptors (Lipinski definition) is 4. The third-order valence-corrected chi connectivity index (χ3v) is 4.00. The first-order valence-electron chi connectivity index (χ1n) is 6.98. The van der Waals surface area contributed by atoms with Gasteiger partial charge in [0.2, 0.25) is 0 Å². The molecule has 1 atom stereocenters. The van der Waals surface area contributed by atoms with E-state index in [2.05, 4.69) is 5.32 Å². The number of nitrogens with one attached hydrogen (secondary N) is 1. The molecule has 0 spiro atoms. The van der Waals surface area contributed by atoms with Crippen LogP contribution in [0.4, 0.5) is 0 Å². The normalized spacial score (nSPS) is 22.5. The Morgan fingerprint density at radius 3 is 3.16 bits per heavy atom. The van der Waals surface area contributed by atoms with Crippen LogP contribution in [0.15, 0.2) is 12.1 Å². The summed E-state index contributed by atoms with van der Waals surface area (Å²) in [6.07, 6.45) is 3.57. The summed E-state index contributed by atoms with van der Waals surface area (Å²) < 4.78 is 16.5. The molecule has 4 nitrogen and oxygen atoms in total. The van der Waals surface area contributed by atoms with E-state index in [9.17, 15) is 0 Å². The van der Waals surface area contributed by atoms with Gasteiger partial charge in [0, 0.05) is 11.1 Å². The van der Waals surface area contributed by atoms with E-state index in [1.165, 1.54) is 18.4 Å². The molecule has 1 unspecified atom stereocenters. The van der Waals surface area contributed by atoms with Crippen molar-refractivity contribution in [3.8, 4) is 11.5 Å². The second kappa shape index (κ2) is 5.80. The summed E-state index contributed by atoms with van der Waals surface area (Å²) >= 11 is 0. The number of benzene rings is 1. The number of rotatable bonds is 3. The number of piperidine rings is 1. The molecule has 0 radical (unpaired) electrons. The predicted octanol–water partition coefficient (Wildman–Crippen LogP) is 2.10. The molecule has 0 aromatic heterocycles. The van der Waals surface area contributed by atoms with Crippen LogP contribution in [0.1, 0.15) is 24.0 Å². The first-order chi connectivity index (χ1) is 9.38. The predicted molar refractivity (Wildman–Crippen MR) is 72.6 cm³/mol. The molecule has 0 saturated carbocycles. The monoisotopic (exact) mass is 263 g/mol. The standard InChI is InChI=1S/C15H21NO3/c1-17-14-4-5-15-13(9-18-10-19-15)12(14)7-11-3-2-6-16-8-11/h4-5,11,16H,2-3,6-10H2,1H3. The van der Waals surface area contributed by atoms with Crippen LogP contribution in [0.3, 0.4) is 0 Å². The summed E-state index contributed by atoms with van der Waals surface area (Å²) in [4.78, 5) is 0. The van der Waals surface area contributed by atoms with Gasteiger partial charge in [-0.3, -0.25) is 0 Å². The zero-order valence-electron chi connectivity index (χ0n) is 11.4. The molecule has 0 amide bonds. The average Bonchev–Trinajstić information content (AvgIpc) is 2.49. The van der Waals surface area contributed by atoms with Crippen molar-refractivity contribution in [1.29, 1.82) is 0 Å². The third-order valence-electron chi connectivity index (χ3n) is 4.00. The Bertz CT molecular complexity index is 441. The highest BCUT2D eigenvalue weighted by Crippen LogP contribution is 2.35. The molecule has 2 aliphatic heterocycles. The zero-order chi connectivity index (χ0) is 13.1. The second-order valence-electron chi connectivity index (χ2n) is 5.25. The zero-order valence-corrected chi connectivity index (χ0v) is 11.4. The molecule has 104 valence electrons. The van der Waals surface area contributed by atoms with E-state index < -0.39 is 0 Å². The molecule has 1 saturated heterocycles. The fourth-order valence-electron chi connectivity index (χ4n) is 2.99. The maximum absolute atomic E-state index is 5.56. The van der Waals surface area contributed by atoms with Crippen molar-refractivity contribution in [2.75, 3.05) is 27.0 Å². The molecule has 19 heavy (non-hydrogen) atoms. The fraction of sp³-hybridized carbons (Fsp3) is 0.600. The SMILES string of the molecule is COc1ccc2c(c1CC1CCCNC1)COCO2. The summed E-state index contributed by atoms with van der Waals surface area (Å²) in [5, 5.41) is 3.47. The minimum Gasteiger partial charge on any atom is -0.496 e. The van der Waals surface area contributed by atoms with Crippen molar-refractivity contribution < 1.29 is 14.2 Å². The Labute approximate surface area is 114 Å². The summed E-state index contributed by atoms with van der Waals surface area (Å²) in [5.41, 5.74) is 2.42. The van der Waals surface area contributed by atoms with Crippen LogP contribution in [0.5, 0.6) is 11.5 Å². The number of hydrogen-bond donors (Lipinski definition) is 1. The molecule has 1 aromatic carbocycles. The minimum absolute atomic E-state index is 0.351. The summed E-state index contributed by atoms with van der Waals surface area (Å²) in [5.74, 6) is 2.58. The molecule has 2 heterocycles. The average molecular weight is 263 g/mol. The van der Waals surface area contributed by atoms with E-state index in [0.717, 1.165) is 36.6 Å². The highest BCUT2D eigenvalue weighted by atomic mass is 16.7. The van der Waals surface area contributed by atoms with Gasteiger partial charge in [-0.25, -0.2) is 0 Å². The van der Waals surface area contributed by atoms with Gasteiger partial charge in [-0.1, -0.05) is 0 Å². The maximum atomic E-state index is 5.56. The Morgan fingerprint density at radius 1 is 1.42 bits per heavy atom. The van der Waals surface area contributed by atoms with E-state index in [4.69, 9.17) is 14.2 Å². The molecule has 0 bridgehead atoms. The first kappa shape index (κ1) is 12.8. The van der Waals surface area contributed by atoms with Crippen molar-refractivity contribution in [3.63, 3.8) is 0 Å². The van der Waals surface area contributed by atoms with Crippen LogP contribution in [-0.2, 0) is 17.8 Å². The van der Waals surface area contributed by atoms with Gasteiger partial charge in [0.05, 0.1) is 13.7 Å². The van der Waals surface area contributed by atoms with E-state index in [0.29, 0.717) is 19.3 Å². The van der Waals surface area contributed by atoms with Crippen LogP contribution in [0, 0.1) is 5.92 Å². The molecule has 2 aliphatic rings. The van der Waals surface area contributed by atoms with Crippen molar-refractivity contribution in [2.45, 2.75) is 25.9 Å². The highest BCUT2D eigenvalue weighted by Gasteiger charge is 2.22. The Balaban J connectivity index is 1.88. The third kappa shape index (κ3) is 2.69. The fourth-order valence-corrected chi connectivity index (χ4v) is 2.99. The van der Waals surface area contributed by atoms with Gasteiger partial charge < -0.3 is 19.5 Å². The molecule has 3 rings (SSSR count). The maximum Gasteiger partial charge on any atom is 0.189 e. The largest absolute Gasteiger partial charge is 0.496 e. The first-order valence-corrected chi connectivity index (χ1v) is 6.98. The van der Waals surface area contributed by atoms with Gasteiger partial charge in [-0.15, -0.1) is 0 Å². The van der Waals surface area contributed by atoms with Crippen LogP contribution < -0.4 is 14.8 Å². The number of ether oxygens (including phenoxy) is 3. The molecule has 4 heteroatoms. The molecule has 1 aromatic rings. The van der Waals surface area contributed by atoms with Crippen molar-refractivity contribution in [3.05, 3.63) is 23.3 Å².